The van der Waals surface area contributed by atoms with E-state index in [1.54, 1.807) is 14.2 Å². The van der Waals surface area contributed by atoms with Gasteiger partial charge in [-0.2, -0.15) is 5.26 Å². The highest BCUT2D eigenvalue weighted by Gasteiger charge is 2.32. The van der Waals surface area contributed by atoms with Gasteiger partial charge in [0.15, 0.2) is 11.5 Å². The molecule has 0 fully saturated rings. The zero-order chi connectivity index (χ0) is 19.8. The summed E-state index contributed by atoms with van der Waals surface area (Å²) >= 11 is 0. The van der Waals surface area contributed by atoms with Crippen molar-refractivity contribution >= 4 is 24.1 Å². The van der Waals surface area contributed by atoms with Crippen LogP contribution in [0, 0.1) is 11.3 Å². The number of nitriles is 1. The number of hydrogen-bond donors (Lipinski definition) is 1. The SMILES string of the molecule is Bc1cc(C2C(C#N)=C(N)Oc3c2ccc2ccccc32)cc(OC)c1OC. The van der Waals surface area contributed by atoms with Crippen molar-refractivity contribution in [1.29, 1.82) is 5.26 Å². The number of ether oxygens (including phenoxy) is 3. The molecule has 0 spiro atoms. The molecule has 3 aromatic rings. The van der Waals surface area contributed by atoms with Crippen LogP contribution in [-0.4, -0.2) is 22.1 Å². The smallest absolute Gasteiger partial charge is 0.205 e. The third kappa shape index (κ3) is 2.64. The van der Waals surface area contributed by atoms with E-state index in [9.17, 15) is 5.26 Å². The van der Waals surface area contributed by atoms with Crippen molar-refractivity contribution in [2.75, 3.05) is 14.2 Å². The molecule has 5 nitrogen and oxygen atoms in total. The fraction of sp³-hybridized carbons (Fsp3) is 0.136. The summed E-state index contributed by atoms with van der Waals surface area (Å²) in [5.41, 5.74) is 9.27. The molecule has 0 saturated heterocycles. The highest BCUT2D eigenvalue weighted by Crippen LogP contribution is 2.46. The Hall–Kier alpha value is -3.59. The molecule has 138 valence electrons. The zero-order valence-corrected chi connectivity index (χ0v) is 15.9. The summed E-state index contributed by atoms with van der Waals surface area (Å²) in [6, 6.07) is 18.1. The first kappa shape index (κ1) is 17.8. The first-order valence-corrected chi connectivity index (χ1v) is 8.90. The first-order valence-electron chi connectivity index (χ1n) is 8.90. The number of methoxy groups -OCH3 is 2. The molecule has 1 aliphatic rings. The Kier molecular flexibility index (Phi) is 4.36. The van der Waals surface area contributed by atoms with Gasteiger partial charge < -0.3 is 19.9 Å². The molecule has 0 bridgehead atoms. The van der Waals surface area contributed by atoms with E-state index >= 15 is 0 Å². The lowest BCUT2D eigenvalue weighted by Crippen LogP contribution is -2.22. The molecule has 0 saturated carbocycles. The Labute approximate surface area is 164 Å². The Morgan fingerprint density at radius 3 is 2.61 bits per heavy atom. The maximum absolute atomic E-state index is 9.80. The van der Waals surface area contributed by atoms with E-state index in [0.717, 1.165) is 27.4 Å². The minimum Gasteiger partial charge on any atom is -0.493 e. The van der Waals surface area contributed by atoms with Gasteiger partial charge in [0.2, 0.25) is 5.88 Å². The van der Waals surface area contributed by atoms with Crippen molar-refractivity contribution in [2.45, 2.75) is 5.92 Å². The van der Waals surface area contributed by atoms with Crippen molar-refractivity contribution in [3.8, 4) is 23.3 Å². The van der Waals surface area contributed by atoms with Gasteiger partial charge in [-0.05, 0) is 22.5 Å². The fourth-order valence-electron chi connectivity index (χ4n) is 3.88. The van der Waals surface area contributed by atoms with Gasteiger partial charge in [0.25, 0.3) is 0 Å². The Morgan fingerprint density at radius 1 is 1.11 bits per heavy atom. The number of allylic oxidation sites excluding steroid dienone is 1. The number of hydrogen-bond acceptors (Lipinski definition) is 5. The molecule has 28 heavy (non-hydrogen) atoms. The molecule has 2 N–H and O–H groups in total. The molecule has 0 radical (unpaired) electrons. The highest BCUT2D eigenvalue weighted by molar-refractivity contribution is 6.34. The third-order valence-electron chi connectivity index (χ3n) is 5.13. The van der Waals surface area contributed by atoms with Gasteiger partial charge in [0.1, 0.15) is 25.2 Å². The van der Waals surface area contributed by atoms with Crippen LogP contribution in [0.25, 0.3) is 10.8 Å². The fourth-order valence-corrected chi connectivity index (χ4v) is 3.88. The van der Waals surface area contributed by atoms with Gasteiger partial charge in [-0.15, -0.1) is 0 Å². The summed E-state index contributed by atoms with van der Waals surface area (Å²) < 4.78 is 16.9. The van der Waals surface area contributed by atoms with Gasteiger partial charge in [-0.25, -0.2) is 0 Å². The molecule has 1 heterocycles. The molecule has 0 aromatic heterocycles. The van der Waals surface area contributed by atoms with E-state index < -0.39 is 0 Å². The standard InChI is InChI=1S/C22H19BN2O3/c1-26-18-10-13(9-17(23)21(18)27-2)19-15-8-7-12-5-3-4-6-14(12)20(15)28-22(25)16(19)11-24/h3-10,19H,23,25H2,1-2H3. The third-order valence-corrected chi connectivity index (χ3v) is 5.13. The summed E-state index contributed by atoms with van der Waals surface area (Å²) in [5.74, 6) is 1.75. The average Bonchev–Trinajstić information content (AvgIpc) is 2.72. The van der Waals surface area contributed by atoms with E-state index in [0.29, 0.717) is 22.8 Å². The lowest BCUT2D eigenvalue weighted by Gasteiger charge is -2.28. The van der Waals surface area contributed by atoms with E-state index in [4.69, 9.17) is 19.9 Å². The summed E-state index contributed by atoms with van der Waals surface area (Å²) in [4.78, 5) is 0. The van der Waals surface area contributed by atoms with E-state index in [-0.39, 0.29) is 11.8 Å². The van der Waals surface area contributed by atoms with Crippen LogP contribution in [0.4, 0.5) is 0 Å². The maximum atomic E-state index is 9.80. The summed E-state index contributed by atoms with van der Waals surface area (Å²) in [5, 5.41) is 11.8. The van der Waals surface area contributed by atoms with Crippen LogP contribution in [0.1, 0.15) is 17.0 Å². The molecule has 3 aromatic carbocycles. The minimum atomic E-state index is -0.350. The second-order valence-electron chi connectivity index (χ2n) is 6.70. The van der Waals surface area contributed by atoms with Crippen LogP contribution in [0.3, 0.4) is 0 Å². The lowest BCUT2D eigenvalue weighted by molar-refractivity contribution is 0.356. The quantitative estimate of drug-likeness (QED) is 0.716. The number of rotatable bonds is 3. The predicted octanol–water partition coefficient (Wildman–Crippen LogP) is 2.33. The first-order chi connectivity index (χ1) is 13.6. The minimum absolute atomic E-state index is 0.129. The second-order valence-corrected chi connectivity index (χ2v) is 6.70. The van der Waals surface area contributed by atoms with Gasteiger partial charge in [-0.3, -0.25) is 0 Å². The number of nitrogens with two attached hydrogens (primary N) is 1. The predicted molar refractivity (Wildman–Crippen MR) is 111 cm³/mol. The number of fused-ring (bicyclic) bond motifs is 3. The number of benzene rings is 3. The molecule has 4 rings (SSSR count). The summed E-state index contributed by atoms with van der Waals surface area (Å²) in [7, 11) is 5.16. The zero-order valence-electron chi connectivity index (χ0n) is 15.9. The largest absolute Gasteiger partial charge is 0.493 e. The van der Waals surface area contributed by atoms with Crippen molar-refractivity contribution < 1.29 is 14.2 Å². The molecular formula is C22H19BN2O3. The van der Waals surface area contributed by atoms with Crippen LogP contribution in [0.15, 0.2) is 60.0 Å². The Morgan fingerprint density at radius 2 is 1.89 bits per heavy atom. The topological polar surface area (TPSA) is 77.5 Å². The number of nitrogens with zero attached hydrogens (tertiary/aromatic N) is 1. The van der Waals surface area contributed by atoms with Crippen molar-refractivity contribution in [3.05, 3.63) is 71.1 Å². The van der Waals surface area contributed by atoms with Gasteiger partial charge in [0.05, 0.1) is 20.1 Å². The second kappa shape index (κ2) is 6.86. The molecule has 1 unspecified atom stereocenters. The van der Waals surface area contributed by atoms with Crippen LogP contribution in [-0.2, 0) is 0 Å². The molecule has 6 heteroatoms. The Balaban J connectivity index is 2.00. The summed E-state index contributed by atoms with van der Waals surface area (Å²) in [6.45, 7) is 0. The molecule has 1 aliphatic heterocycles. The van der Waals surface area contributed by atoms with E-state index in [1.165, 1.54) is 0 Å². The van der Waals surface area contributed by atoms with Gasteiger partial charge >= 0.3 is 0 Å². The Bertz CT molecular complexity index is 1160. The van der Waals surface area contributed by atoms with Crippen LogP contribution >= 0.6 is 0 Å². The van der Waals surface area contributed by atoms with E-state index in [1.807, 2.05) is 56.4 Å². The van der Waals surface area contributed by atoms with Crippen LogP contribution in [0.5, 0.6) is 17.2 Å². The van der Waals surface area contributed by atoms with E-state index in [2.05, 4.69) is 6.07 Å². The lowest BCUT2D eigenvalue weighted by atomic mass is 9.80. The van der Waals surface area contributed by atoms with Crippen LogP contribution in [0.2, 0.25) is 0 Å². The maximum Gasteiger partial charge on any atom is 0.205 e. The van der Waals surface area contributed by atoms with Crippen molar-refractivity contribution in [2.24, 2.45) is 5.73 Å². The average molecular weight is 370 g/mol. The van der Waals surface area contributed by atoms with Crippen LogP contribution < -0.4 is 25.4 Å². The highest BCUT2D eigenvalue weighted by atomic mass is 16.5. The van der Waals surface area contributed by atoms with Crippen molar-refractivity contribution in [3.63, 3.8) is 0 Å². The van der Waals surface area contributed by atoms with Gasteiger partial charge in [0, 0.05) is 10.9 Å². The molecule has 0 amide bonds. The monoisotopic (exact) mass is 370 g/mol. The molecular weight excluding hydrogens is 351 g/mol. The molecule has 0 aliphatic carbocycles. The normalized spacial score (nSPS) is 15.5. The van der Waals surface area contributed by atoms with Crippen molar-refractivity contribution in [1.82, 2.24) is 0 Å². The molecule has 1 atom stereocenters. The summed E-state index contributed by atoms with van der Waals surface area (Å²) in [6.07, 6.45) is 0. The van der Waals surface area contributed by atoms with Gasteiger partial charge in [-0.1, -0.05) is 42.5 Å².